The van der Waals surface area contributed by atoms with Crippen LogP contribution in [0.5, 0.6) is 0 Å². The van der Waals surface area contributed by atoms with E-state index >= 15 is 0 Å². The topological polar surface area (TPSA) is 89.5 Å². The second kappa shape index (κ2) is 4.66. The molecule has 0 spiro atoms. The average molecular weight is 128 g/mol. The maximum absolute atomic E-state index is 9.06. The van der Waals surface area contributed by atoms with Crippen LogP contribution >= 0.6 is 0 Å². The van der Waals surface area contributed by atoms with Crippen molar-refractivity contribution in [2.45, 2.75) is 0 Å². The first-order valence-corrected chi connectivity index (χ1v) is 1.22. The summed E-state index contributed by atoms with van der Waals surface area (Å²) in [4.78, 5) is 18.1. The maximum Gasteiger partial charge on any atom is 2.00 e. The summed E-state index contributed by atoms with van der Waals surface area (Å²) in [5.41, 5.74) is 0. The molecule has 0 unspecified atom stereocenters. The largest absolute Gasteiger partial charge is 2.00 e. The minimum atomic E-state index is -2.12. The predicted octanol–water partition coefficient (Wildman–Crippen LogP) is -2.69. The van der Waals surface area contributed by atoms with Crippen LogP contribution in [0, 0.1) is 0 Å². The summed E-state index contributed by atoms with van der Waals surface area (Å²) in [6.07, 6.45) is -4.25. The van der Waals surface area contributed by atoms with Gasteiger partial charge in [0, 0.05) is 0 Å². The zero-order valence-electron chi connectivity index (χ0n) is 3.75. The van der Waals surface area contributed by atoms with Crippen molar-refractivity contribution in [3.63, 3.8) is 0 Å². The molecule has 0 radical (unpaired) electrons. The van der Waals surface area contributed by atoms with Crippen LogP contribution in [0.4, 0.5) is 9.59 Å². The molecule has 0 aromatic rings. The Morgan fingerprint density at radius 1 is 1.12 bits per heavy atom. The van der Waals surface area contributed by atoms with Crippen molar-refractivity contribution < 1.29 is 24.5 Å². The van der Waals surface area contributed by atoms with Gasteiger partial charge >= 0.3 is 23.1 Å². The molecule has 0 aliphatic heterocycles. The van der Waals surface area contributed by atoms with Gasteiger partial charge in [0.2, 0.25) is 0 Å². The Kier molecular flexibility index (Phi) is 6.10. The first-order valence-electron chi connectivity index (χ1n) is 1.22. The number of rotatable bonds is 0. The van der Waals surface area contributed by atoms with Gasteiger partial charge in [0.05, 0.1) is 0 Å². The Bertz CT molecular complexity index is 86.6. The van der Waals surface area contributed by atoms with Crippen LogP contribution in [-0.2, 0) is 4.74 Å². The third kappa shape index (κ3) is 9.09. The van der Waals surface area contributed by atoms with Crippen LogP contribution in [0.15, 0.2) is 0 Å². The van der Waals surface area contributed by atoms with Crippen molar-refractivity contribution in [3.05, 3.63) is 0 Å². The summed E-state index contributed by atoms with van der Waals surface area (Å²) < 4.78 is 2.86. The molecule has 0 N–H and O–H groups in total. The first-order chi connectivity index (χ1) is 3.13. The molecule has 0 rings (SSSR count). The molecule has 0 heterocycles. The number of carboxylic acid groups (broad SMARTS) is 2. The van der Waals surface area contributed by atoms with E-state index in [1.807, 2.05) is 0 Å². The molecule has 5 nitrogen and oxygen atoms in total. The molecular weight excluding hydrogens is 128 g/mol. The number of carbonyl (C=O) groups excluding carboxylic acids is 2. The Morgan fingerprint density at radius 2 is 1.38 bits per heavy atom. The smallest absolute Gasteiger partial charge is 0.483 e. The molecule has 6 heteroatoms. The number of hydrogen-bond donors (Lipinski definition) is 0. The van der Waals surface area contributed by atoms with E-state index in [9.17, 15) is 0 Å². The molecule has 8 heavy (non-hydrogen) atoms. The molecule has 0 atom stereocenters. The van der Waals surface area contributed by atoms with E-state index in [1.165, 1.54) is 0 Å². The molecule has 0 aromatic carbocycles. The Morgan fingerprint density at radius 3 is 1.38 bits per heavy atom. The molecule has 0 saturated carbocycles. The van der Waals surface area contributed by atoms with Crippen LogP contribution in [0.3, 0.4) is 0 Å². The molecule has 0 bridgehead atoms. The van der Waals surface area contributed by atoms with Crippen molar-refractivity contribution in [1.29, 1.82) is 0 Å². The molecule has 0 aliphatic rings. The molecule has 0 aliphatic carbocycles. The van der Waals surface area contributed by atoms with Gasteiger partial charge in [-0.25, -0.2) is 0 Å². The summed E-state index contributed by atoms with van der Waals surface area (Å²) in [5, 5.41) is 18.1. The van der Waals surface area contributed by atoms with Gasteiger partial charge < -0.3 is 24.5 Å². The summed E-state index contributed by atoms with van der Waals surface area (Å²) in [6.45, 7) is 0. The summed E-state index contributed by atoms with van der Waals surface area (Å²) >= 11 is 0. The molecule has 0 amide bonds. The minimum Gasteiger partial charge on any atom is -0.483 e. The van der Waals surface area contributed by atoms with Crippen molar-refractivity contribution in [2.24, 2.45) is 0 Å². The van der Waals surface area contributed by atoms with Gasteiger partial charge in [0.25, 0.3) is 12.3 Å². The van der Waals surface area contributed by atoms with Crippen molar-refractivity contribution in [1.82, 2.24) is 0 Å². The summed E-state index contributed by atoms with van der Waals surface area (Å²) in [5.74, 6) is 0. The normalized spacial score (nSPS) is 6.50. The van der Waals surface area contributed by atoms with E-state index in [4.69, 9.17) is 19.8 Å². The molecule has 0 fully saturated rings. The Balaban J connectivity index is 0. The standard InChI is InChI=1S/C2H2O5.Mg/c3-1(4)7-2(5)6;/h(H,3,4)(H,5,6);/q;+2/p-2. The fraction of sp³-hybridized carbons (Fsp3) is 0. The van der Waals surface area contributed by atoms with E-state index in [0.29, 0.717) is 0 Å². The van der Waals surface area contributed by atoms with Gasteiger partial charge in [-0.3, -0.25) is 0 Å². The molecule has 0 aromatic heterocycles. The van der Waals surface area contributed by atoms with Gasteiger partial charge in [-0.05, 0) is 0 Å². The van der Waals surface area contributed by atoms with Crippen molar-refractivity contribution in [3.8, 4) is 0 Å². The quantitative estimate of drug-likeness (QED) is 0.201. The number of hydrogen-bond acceptors (Lipinski definition) is 5. The van der Waals surface area contributed by atoms with E-state index in [1.54, 1.807) is 0 Å². The third-order valence-corrected chi connectivity index (χ3v) is 0.167. The third-order valence-electron chi connectivity index (χ3n) is 0.167. The Labute approximate surface area is 60.4 Å². The van der Waals surface area contributed by atoms with Gasteiger partial charge in [0.15, 0.2) is 0 Å². The summed E-state index contributed by atoms with van der Waals surface area (Å²) in [7, 11) is 0. The molecule has 0 saturated heterocycles. The second-order valence-corrected chi connectivity index (χ2v) is 0.602. The zero-order chi connectivity index (χ0) is 5.86. The monoisotopic (exact) mass is 128 g/mol. The molecular formula is C2MgO5. The van der Waals surface area contributed by atoms with Gasteiger partial charge in [-0.2, -0.15) is 0 Å². The summed E-state index contributed by atoms with van der Waals surface area (Å²) in [6, 6.07) is 0. The fourth-order valence-corrected chi connectivity index (χ4v) is 0.0680. The van der Waals surface area contributed by atoms with E-state index < -0.39 is 12.3 Å². The van der Waals surface area contributed by atoms with E-state index in [-0.39, 0.29) is 23.1 Å². The van der Waals surface area contributed by atoms with E-state index in [2.05, 4.69) is 4.74 Å². The SMILES string of the molecule is O=C([O-])OC(=O)[O-].[Mg+2]. The molecule has 40 valence electrons. The van der Waals surface area contributed by atoms with Crippen LogP contribution < -0.4 is 10.2 Å². The fourth-order valence-electron chi connectivity index (χ4n) is 0.0680. The van der Waals surface area contributed by atoms with Gasteiger partial charge in [-0.15, -0.1) is 0 Å². The zero-order valence-corrected chi connectivity index (χ0v) is 5.16. The number of ether oxygens (including phenoxy) is 1. The number of carbonyl (C=O) groups is 2. The van der Waals surface area contributed by atoms with Gasteiger partial charge in [-0.1, -0.05) is 0 Å². The Hall–Kier alpha value is -0.494. The van der Waals surface area contributed by atoms with Crippen LogP contribution in [0.25, 0.3) is 0 Å². The van der Waals surface area contributed by atoms with E-state index in [0.717, 1.165) is 0 Å². The average Bonchev–Trinajstić information content (AvgIpc) is 1.27. The first kappa shape index (κ1) is 10.5. The predicted molar refractivity (Wildman–Crippen MR) is 17.6 cm³/mol. The van der Waals surface area contributed by atoms with Crippen LogP contribution in [0.1, 0.15) is 0 Å². The van der Waals surface area contributed by atoms with Crippen molar-refractivity contribution in [2.75, 3.05) is 0 Å². The van der Waals surface area contributed by atoms with Gasteiger partial charge in [0.1, 0.15) is 0 Å². The van der Waals surface area contributed by atoms with Crippen molar-refractivity contribution >= 4 is 35.4 Å². The minimum absolute atomic E-state index is 0. The van der Waals surface area contributed by atoms with Crippen LogP contribution in [-0.4, -0.2) is 35.4 Å². The van der Waals surface area contributed by atoms with Crippen LogP contribution in [0.2, 0.25) is 0 Å². The maximum atomic E-state index is 9.06. The second-order valence-electron chi connectivity index (χ2n) is 0.602.